The van der Waals surface area contributed by atoms with Gasteiger partial charge in [0.2, 0.25) is 0 Å². The molecule has 0 aliphatic carbocycles. The predicted octanol–water partition coefficient (Wildman–Crippen LogP) is 5.19. The number of hydrogen-bond donors (Lipinski definition) is 1. The number of aromatic nitrogens is 6. The summed E-state index contributed by atoms with van der Waals surface area (Å²) < 4.78 is 3.77. The fourth-order valence-electron chi connectivity index (χ4n) is 4.03. The first kappa shape index (κ1) is 20.8. The number of benzene rings is 1. The molecule has 5 aromatic rings. The van der Waals surface area contributed by atoms with Crippen LogP contribution >= 0.6 is 11.3 Å². The molecule has 1 aromatic carbocycles. The van der Waals surface area contributed by atoms with Gasteiger partial charge in [-0.2, -0.15) is 10.2 Å². The third-order valence-corrected chi connectivity index (χ3v) is 6.09. The molecule has 2 N–H and O–H groups in total. The van der Waals surface area contributed by atoms with E-state index >= 15 is 0 Å². The predicted molar refractivity (Wildman–Crippen MR) is 134 cm³/mol. The van der Waals surface area contributed by atoms with Crippen molar-refractivity contribution in [1.82, 2.24) is 29.4 Å². The van der Waals surface area contributed by atoms with E-state index in [1.54, 1.807) is 11.3 Å². The Morgan fingerprint density at radius 3 is 2.76 bits per heavy atom. The van der Waals surface area contributed by atoms with Gasteiger partial charge >= 0.3 is 0 Å². The molecule has 0 atom stereocenters. The molecule has 0 spiro atoms. The number of thiazole rings is 1. The van der Waals surface area contributed by atoms with Crippen molar-refractivity contribution in [3.8, 4) is 11.4 Å². The Balaban J connectivity index is 1.51. The van der Waals surface area contributed by atoms with Crippen LogP contribution in [0.5, 0.6) is 0 Å². The third kappa shape index (κ3) is 4.08. The number of rotatable bonds is 6. The van der Waals surface area contributed by atoms with Crippen molar-refractivity contribution in [1.29, 1.82) is 0 Å². The van der Waals surface area contributed by atoms with E-state index in [0.717, 1.165) is 45.7 Å². The van der Waals surface area contributed by atoms with Crippen LogP contribution in [0.2, 0.25) is 0 Å². The maximum Gasteiger partial charge on any atom is 0.152 e. The fraction of sp³-hybridized carbons (Fsp3) is 0.120. The summed E-state index contributed by atoms with van der Waals surface area (Å²) in [6.45, 7) is 4.85. The molecule has 5 rings (SSSR count). The van der Waals surface area contributed by atoms with Crippen molar-refractivity contribution in [3.63, 3.8) is 0 Å². The summed E-state index contributed by atoms with van der Waals surface area (Å²) in [5, 5.41) is 11.0. The Hall–Kier alpha value is -4.04. The second-order valence-corrected chi connectivity index (χ2v) is 8.43. The van der Waals surface area contributed by atoms with E-state index in [-0.39, 0.29) is 0 Å². The van der Waals surface area contributed by atoms with Crippen molar-refractivity contribution < 1.29 is 0 Å². The summed E-state index contributed by atoms with van der Waals surface area (Å²) in [6.07, 6.45) is 9.64. The highest BCUT2D eigenvalue weighted by molar-refractivity contribution is 7.07. The SMILES string of the molecule is C/C=C(\C(C)=C/c1cnn(Cc2ccccc2)c1)c1cc(-c2cscn2)n2ncnc(N)c12. The first-order chi connectivity index (χ1) is 16.1. The summed E-state index contributed by atoms with van der Waals surface area (Å²) in [7, 11) is 0. The van der Waals surface area contributed by atoms with Gasteiger partial charge in [0.05, 0.1) is 29.6 Å². The molecule has 0 aliphatic heterocycles. The molecule has 33 heavy (non-hydrogen) atoms. The Morgan fingerprint density at radius 1 is 1.15 bits per heavy atom. The Morgan fingerprint density at radius 2 is 2.00 bits per heavy atom. The summed E-state index contributed by atoms with van der Waals surface area (Å²) in [4.78, 5) is 8.70. The zero-order chi connectivity index (χ0) is 22.8. The molecular weight excluding hydrogens is 430 g/mol. The van der Waals surface area contributed by atoms with Gasteiger partial charge in [-0.25, -0.2) is 14.5 Å². The van der Waals surface area contributed by atoms with Gasteiger partial charge in [-0.1, -0.05) is 36.4 Å². The lowest BCUT2D eigenvalue weighted by Gasteiger charge is -2.08. The molecule has 0 fully saturated rings. The molecule has 4 aromatic heterocycles. The zero-order valence-corrected chi connectivity index (χ0v) is 19.2. The zero-order valence-electron chi connectivity index (χ0n) is 18.4. The van der Waals surface area contributed by atoms with Crippen molar-refractivity contribution in [2.24, 2.45) is 0 Å². The van der Waals surface area contributed by atoms with Crippen LogP contribution in [0.25, 0.3) is 28.6 Å². The minimum Gasteiger partial charge on any atom is -0.382 e. The lowest BCUT2D eigenvalue weighted by molar-refractivity contribution is 0.687. The van der Waals surface area contributed by atoms with Crippen LogP contribution in [0, 0.1) is 0 Å². The molecule has 0 aliphatic rings. The second kappa shape index (κ2) is 8.84. The second-order valence-electron chi connectivity index (χ2n) is 7.71. The van der Waals surface area contributed by atoms with Gasteiger partial charge in [0.1, 0.15) is 11.8 Å². The molecule has 0 saturated heterocycles. The topological polar surface area (TPSA) is 86.9 Å². The van der Waals surface area contributed by atoms with Crippen molar-refractivity contribution in [3.05, 3.63) is 94.3 Å². The molecule has 0 amide bonds. The Bertz CT molecular complexity index is 1460. The highest BCUT2D eigenvalue weighted by Crippen LogP contribution is 2.35. The van der Waals surface area contributed by atoms with E-state index in [9.17, 15) is 0 Å². The van der Waals surface area contributed by atoms with Gasteiger partial charge in [0, 0.05) is 22.7 Å². The Labute approximate surface area is 195 Å². The number of nitrogens with zero attached hydrogens (tertiary/aromatic N) is 6. The normalized spacial score (nSPS) is 12.5. The van der Waals surface area contributed by atoms with Crippen LogP contribution in [0.3, 0.4) is 0 Å². The average molecular weight is 454 g/mol. The van der Waals surface area contributed by atoms with Crippen LogP contribution in [0.4, 0.5) is 5.82 Å². The highest BCUT2D eigenvalue weighted by atomic mass is 32.1. The number of fused-ring (bicyclic) bond motifs is 1. The molecule has 0 saturated carbocycles. The molecule has 7 nitrogen and oxygen atoms in total. The van der Waals surface area contributed by atoms with Crippen LogP contribution in [-0.4, -0.2) is 29.4 Å². The highest BCUT2D eigenvalue weighted by Gasteiger charge is 2.19. The number of nitrogen functional groups attached to an aromatic ring is 1. The van der Waals surface area contributed by atoms with Gasteiger partial charge in [-0.3, -0.25) is 4.68 Å². The maximum absolute atomic E-state index is 6.30. The number of anilines is 1. The third-order valence-electron chi connectivity index (χ3n) is 5.50. The van der Waals surface area contributed by atoms with E-state index in [2.05, 4.69) is 63.6 Å². The van der Waals surface area contributed by atoms with Crippen molar-refractivity contribution in [2.75, 3.05) is 5.73 Å². The Kier molecular flexibility index (Phi) is 5.58. The molecule has 0 bridgehead atoms. The first-order valence-electron chi connectivity index (χ1n) is 10.6. The summed E-state index contributed by atoms with van der Waals surface area (Å²) in [6, 6.07) is 12.4. The lowest BCUT2D eigenvalue weighted by atomic mass is 9.98. The number of nitrogens with two attached hydrogens (primary N) is 1. The van der Waals surface area contributed by atoms with E-state index in [1.165, 1.54) is 11.9 Å². The van der Waals surface area contributed by atoms with Crippen molar-refractivity contribution >= 4 is 34.3 Å². The van der Waals surface area contributed by atoms with Gasteiger partial charge in [0.15, 0.2) is 5.82 Å². The quantitative estimate of drug-likeness (QED) is 0.358. The van der Waals surface area contributed by atoms with Crippen molar-refractivity contribution in [2.45, 2.75) is 20.4 Å². The molecule has 0 radical (unpaired) electrons. The fourth-order valence-corrected chi connectivity index (χ4v) is 4.57. The van der Waals surface area contributed by atoms with Gasteiger partial charge in [-0.15, -0.1) is 11.3 Å². The summed E-state index contributed by atoms with van der Waals surface area (Å²) in [5.74, 6) is 0.435. The molecular formula is C25H23N7S. The van der Waals surface area contributed by atoms with Crippen LogP contribution in [-0.2, 0) is 6.54 Å². The minimum absolute atomic E-state index is 0.435. The van der Waals surface area contributed by atoms with Crippen LogP contribution in [0.15, 0.2) is 77.7 Å². The van der Waals surface area contributed by atoms with E-state index < -0.39 is 0 Å². The standard InChI is InChI=1S/C25H23N7S/c1-3-20(17(2)9-19-11-29-31(13-19)12-18-7-5-4-6-8-18)21-10-23(22-14-33-16-28-22)32-24(21)25(26)27-15-30-32/h3-11,13-16H,12H2,1-2H3,(H2,26,27,30)/b17-9-,20-3+. The molecule has 8 heteroatoms. The minimum atomic E-state index is 0.435. The lowest BCUT2D eigenvalue weighted by Crippen LogP contribution is -2.01. The van der Waals surface area contributed by atoms with Gasteiger partial charge in [-0.05, 0) is 42.7 Å². The van der Waals surface area contributed by atoms with E-state index in [4.69, 9.17) is 5.73 Å². The van der Waals surface area contributed by atoms with Gasteiger partial charge < -0.3 is 5.73 Å². The molecule has 4 heterocycles. The summed E-state index contributed by atoms with van der Waals surface area (Å²) >= 11 is 1.55. The van der Waals surface area contributed by atoms with E-state index in [0.29, 0.717) is 5.82 Å². The smallest absolute Gasteiger partial charge is 0.152 e. The largest absolute Gasteiger partial charge is 0.382 e. The maximum atomic E-state index is 6.30. The van der Waals surface area contributed by atoms with E-state index in [1.807, 2.05) is 51.4 Å². The molecule has 0 unspecified atom stereocenters. The summed E-state index contributed by atoms with van der Waals surface area (Å²) in [5.41, 5.74) is 16.0. The van der Waals surface area contributed by atoms with Crippen LogP contribution in [0.1, 0.15) is 30.5 Å². The number of hydrogen-bond acceptors (Lipinski definition) is 6. The first-order valence-corrected chi connectivity index (χ1v) is 11.5. The molecule has 164 valence electrons. The monoisotopic (exact) mass is 453 g/mol. The average Bonchev–Trinajstić information content (AvgIpc) is 3.56. The van der Waals surface area contributed by atoms with Crippen LogP contribution < -0.4 is 5.73 Å². The van der Waals surface area contributed by atoms with Gasteiger partial charge in [0.25, 0.3) is 0 Å². The number of allylic oxidation sites excluding steroid dienone is 3.